The zero-order valence-corrected chi connectivity index (χ0v) is 12.9. The maximum absolute atomic E-state index is 3.47. The van der Waals surface area contributed by atoms with Gasteiger partial charge in [0.05, 0.1) is 0 Å². The molecule has 0 saturated carbocycles. The molecule has 110 valence electrons. The highest BCUT2D eigenvalue weighted by Gasteiger charge is 2.25. The lowest BCUT2D eigenvalue weighted by atomic mass is 10.0. The molecule has 2 fully saturated rings. The molecular weight excluding hydrogens is 246 g/mol. The van der Waals surface area contributed by atoms with Gasteiger partial charge in [-0.1, -0.05) is 12.1 Å². The van der Waals surface area contributed by atoms with Crippen LogP contribution in [0.4, 0.5) is 5.69 Å². The maximum atomic E-state index is 3.47. The second-order valence-corrected chi connectivity index (χ2v) is 6.22. The van der Waals surface area contributed by atoms with Gasteiger partial charge in [0.1, 0.15) is 0 Å². The van der Waals surface area contributed by atoms with E-state index in [9.17, 15) is 0 Å². The average Bonchev–Trinajstić information content (AvgIpc) is 2.51. The first kappa shape index (κ1) is 13.9. The predicted molar refractivity (Wildman–Crippen MR) is 85.6 cm³/mol. The van der Waals surface area contributed by atoms with E-state index in [1.807, 2.05) is 0 Å². The normalized spacial score (nSPS) is 22.2. The van der Waals surface area contributed by atoms with E-state index in [0.717, 1.165) is 6.04 Å². The molecule has 0 atom stereocenters. The molecule has 0 bridgehead atoms. The number of aryl methyl sites for hydroxylation is 1. The van der Waals surface area contributed by atoms with Gasteiger partial charge in [0.2, 0.25) is 0 Å². The van der Waals surface area contributed by atoms with Gasteiger partial charge in [0, 0.05) is 37.9 Å². The van der Waals surface area contributed by atoms with E-state index in [4.69, 9.17) is 0 Å². The highest BCUT2D eigenvalue weighted by atomic mass is 15.3. The van der Waals surface area contributed by atoms with Crippen LogP contribution >= 0.6 is 0 Å². The smallest absolute Gasteiger partial charge is 0.0399 e. The molecule has 3 rings (SSSR count). The van der Waals surface area contributed by atoms with E-state index in [1.54, 1.807) is 0 Å². The van der Waals surface area contributed by atoms with Gasteiger partial charge in [-0.2, -0.15) is 0 Å². The SMILES string of the molecule is Cc1cccc(N2CCN(C3CCNCC3)CC2)c1C. The topological polar surface area (TPSA) is 18.5 Å². The van der Waals surface area contributed by atoms with E-state index >= 15 is 0 Å². The Labute approximate surface area is 123 Å². The number of hydrogen-bond acceptors (Lipinski definition) is 3. The van der Waals surface area contributed by atoms with Crippen molar-refractivity contribution in [3.63, 3.8) is 0 Å². The lowest BCUT2D eigenvalue weighted by Crippen LogP contribution is -2.53. The van der Waals surface area contributed by atoms with Crippen LogP contribution in [0.25, 0.3) is 0 Å². The van der Waals surface area contributed by atoms with E-state index in [1.165, 1.54) is 68.9 Å². The largest absolute Gasteiger partial charge is 0.369 e. The molecule has 1 aromatic rings. The lowest BCUT2D eigenvalue weighted by Gasteiger charge is -2.42. The third-order valence-corrected chi connectivity index (χ3v) is 5.06. The van der Waals surface area contributed by atoms with Crippen molar-refractivity contribution in [2.75, 3.05) is 44.2 Å². The monoisotopic (exact) mass is 273 g/mol. The number of hydrogen-bond donors (Lipinski definition) is 1. The van der Waals surface area contributed by atoms with Crippen LogP contribution in [0.1, 0.15) is 24.0 Å². The number of nitrogens with zero attached hydrogens (tertiary/aromatic N) is 2. The summed E-state index contributed by atoms with van der Waals surface area (Å²) in [5.74, 6) is 0. The predicted octanol–water partition coefficient (Wildman–Crippen LogP) is 2.18. The van der Waals surface area contributed by atoms with E-state index in [-0.39, 0.29) is 0 Å². The van der Waals surface area contributed by atoms with Crippen LogP contribution in [-0.2, 0) is 0 Å². The minimum Gasteiger partial charge on any atom is -0.369 e. The molecule has 3 nitrogen and oxygen atoms in total. The van der Waals surface area contributed by atoms with Gasteiger partial charge < -0.3 is 10.2 Å². The summed E-state index contributed by atoms with van der Waals surface area (Å²) < 4.78 is 0. The van der Waals surface area contributed by atoms with Gasteiger partial charge in [-0.25, -0.2) is 0 Å². The summed E-state index contributed by atoms with van der Waals surface area (Å²) in [6.45, 7) is 11.6. The molecule has 0 aliphatic carbocycles. The van der Waals surface area contributed by atoms with Gasteiger partial charge in [0.25, 0.3) is 0 Å². The molecule has 2 aliphatic heterocycles. The van der Waals surface area contributed by atoms with E-state index in [2.05, 4.69) is 47.2 Å². The Bertz CT molecular complexity index is 444. The van der Waals surface area contributed by atoms with Crippen LogP contribution in [0.2, 0.25) is 0 Å². The summed E-state index contributed by atoms with van der Waals surface area (Å²) in [6, 6.07) is 7.50. The molecule has 0 spiro atoms. The van der Waals surface area contributed by atoms with Crippen molar-refractivity contribution in [1.29, 1.82) is 0 Å². The standard InChI is InChI=1S/C17H27N3/c1-14-4-3-5-17(15(14)2)20-12-10-19(11-13-20)16-6-8-18-9-7-16/h3-5,16,18H,6-13H2,1-2H3. The third-order valence-electron chi connectivity index (χ3n) is 5.06. The van der Waals surface area contributed by atoms with Gasteiger partial charge in [-0.05, 0) is 57.0 Å². The van der Waals surface area contributed by atoms with Crippen LogP contribution in [0.3, 0.4) is 0 Å². The molecule has 0 aromatic heterocycles. The van der Waals surface area contributed by atoms with Crippen molar-refractivity contribution in [3.8, 4) is 0 Å². The summed E-state index contributed by atoms with van der Waals surface area (Å²) in [5, 5.41) is 3.47. The first-order valence-electron chi connectivity index (χ1n) is 8.01. The second kappa shape index (κ2) is 6.15. The number of rotatable bonds is 2. The zero-order chi connectivity index (χ0) is 13.9. The molecule has 2 saturated heterocycles. The van der Waals surface area contributed by atoms with Crippen molar-refractivity contribution in [2.24, 2.45) is 0 Å². The van der Waals surface area contributed by atoms with Gasteiger partial charge in [-0.15, -0.1) is 0 Å². The third kappa shape index (κ3) is 2.84. The number of piperazine rings is 1. The summed E-state index contributed by atoms with van der Waals surface area (Å²) in [4.78, 5) is 5.28. The highest BCUT2D eigenvalue weighted by Crippen LogP contribution is 2.25. The number of piperidine rings is 1. The number of benzene rings is 1. The molecule has 20 heavy (non-hydrogen) atoms. The van der Waals surface area contributed by atoms with Crippen LogP contribution in [-0.4, -0.2) is 50.2 Å². The van der Waals surface area contributed by atoms with Crippen molar-refractivity contribution >= 4 is 5.69 Å². The average molecular weight is 273 g/mol. The number of anilines is 1. The first-order valence-corrected chi connectivity index (χ1v) is 8.01. The van der Waals surface area contributed by atoms with Crippen LogP contribution < -0.4 is 10.2 Å². The summed E-state index contributed by atoms with van der Waals surface area (Å²) in [6.07, 6.45) is 2.65. The summed E-state index contributed by atoms with van der Waals surface area (Å²) in [5.41, 5.74) is 4.29. The molecule has 2 aliphatic rings. The molecule has 0 radical (unpaired) electrons. The highest BCUT2D eigenvalue weighted by molar-refractivity contribution is 5.56. The Morgan fingerprint density at radius 3 is 2.40 bits per heavy atom. The van der Waals surface area contributed by atoms with E-state index in [0.29, 0.717) is 0 Å². The molecular formula is C17H27N3. The van der Waals surface area contributed by atoms with Crippen molar-refractivity contribution in [3.05, 3.63) is 29.3 Å². The Hall–Kier alpha value is -1.06. The Morgan fingerprint density at radius 2 is 1.70 bits per heavy atom. The fourth-order valence-electron chi connectivity index (χ4n) is 3.58. The van der Waals surface area contributed by atoms with Gasteiger partial charge >= 0.3 is 0 Å². The minimum absolute atomic E-state index is 0.817. The Morgan fingerprint density at radius 1 is 1.00 bits per heavy atom. The lowest BCUT2D eigenvalue weighted by molar-refractivity contribution is 0.153. The van der Waals surface area contributed by atoms with Crippen molar-refractivity contribution in [2.45, 2.75) is 32.7 Å². The first-order chi connectivity index (χ1) is 9.75. The van der Waals surface area contributed by atoms with Crippen LogP contribution in [0.15, 0.2) is 18.2 Å². The van der Waals surface area contributed by atoms with Crippen LogP contribution in [0.5, 0.6) is 0 Å². The van der Waals surface area contributed by atoms with E-state index < -0.39 is 0 Å². The summed E-state index contributed by atoms with van der Waals surface area (Å²) >= 11 is 0. The zero-order valence-electron chi connectivity index (χ0n) is 12.9. The molecule has 3 heteroatoms. The second-order valence-electron chi connectivity index (χ2n) is 6.22. The molecule has 1 N–H and O–H groups in total. The minimum atomic E-state index is 0.817. The van der Waals surface area contributed by atoms with Crippen LogP contribution in [0, 0.1) is 13.8 Å². The van der Waals surface area contributed by atoms with Crippen molar-refractivity contribution in [1.82, 2.24) is 10.2 Å². The molecule has 0 amide bonds. The molecule has 1 aromatic carbocycles. The fourth-order valence-corrected chi connectivity index (χ4v) is 3.58. The van der Waals surface area contributed by atoms with Gasteiger partial charge in [0.15, 0.2) is 0 Å². The number of nitrogens with one attached hydrogen (secondary N) is 1. The quantitative estimate of drug-likeness (QED) is 0.891. The summed E-state index contributed by atoms with van der Waals surface area (Å²) in [7, 11) is 0. The molecule has 0 unspecified atom stereocenters. The Kier molecular flexibility index (Phi) is 4.27. The fraction of sp³-hybridized carbons (Fsp3) is 0.647. The molecule has 2 heterocycles. The maximum Gasteiger partial charge on any atom is 0.0399 e. The Balaban J connectivity index is 1.62. The van der Waals surface area contributed by atoms with Gasteiger partial charge in [-0.3, -0.25) is 4.90 Å². The van der Waals surface area contributed by atoms with Crippen molar-refractivity contribution < 1.29 is 0 Å².